The molecule has 0 radical (unpaired) electrons. The Morgan fingerprint density at radius 2 is 1.92 bits per heavy atom. The van der Waals surface area contributed by atoms with E-state index in [1.807, 2.05) is 13.8 Å². The summed E-state index contributed by atoms with van der Waals surface area (Å²) in [5.74, 6) is 0. The molecule has 0 N–H and O–H groups in total. The van der Waals surface area contributed by atoms with Gasteiger partial charge >= 0.3 is 0 Å². The van der Waals surface area contributed by atoms with E-state index < -0.39 is 7.37 Å². The van der Waals surface area contributed by atoms with Gasteiger partial charge in [0.2, 0.25) is 7.37 Å². The highest BCUT2D eigenvalue weighted by atomic mass is 31.2. The zero-order valence-corrected chi connectivity index (χ0v) is 8.98. The van der Waals surface area contributed by atoms with Gasteiger partial charge in [0.25, 0.3) is 0 Å². The third-order valence-electron chi connectivity index (χ3n) is 2.67. The first-order chi connectivity index (χ1) is 5.73. The summed E-state index contributed by atoms with van der Waals surface area (Å²) in [6.45, 7) is 4.51. The Morgan fingerprint density at radius 1 is 1.33 bits per heavy atom. The van der Waals surface area contributed by atoms with E-state index in [9.17, 15) is 4.57 Å². The first kappa shape index (κ1) is 10.3. The minimum absolute atomic E-state index is 0.377. The lowest BCUT2D eigenvalue weighted by Gasteiger charge is -2.22. The molecule has 0 aliphatic heterocycles. The van der Waals surface area contributed by atoms with Crippen LogP contribution in [0.1, 0.15) is 39.5 Å². The first-order valence-electron chi connectivity index (χ1n) is 4.96. The largest absolute Gasteiger partial charge is 0.329 e. The summed E-state index contributed by atoms with van der Waals surface area (Å²) in [5.41, 5.74) is 0.377. The van der Waals surface area contributed by atoms with Crippen molar-refractivity contribution in [2.24, 2.45) is 0 Å². The summed E-state index contributed by atoms with van der Waals surface area (Å²) in [5, 5.41) is 0. The maximum atomic E-state index is 12.2. The predicted octanol–water partition coefficient (Wildman–Crippen LogP) is 3.26. The van der Waals surface area contributed by atoms with Gasteiger partial charge in [0.05, 0.1) is 6.61 Å². The van der Waals surface area contributed by atoms with Gasteiger partial charge in [-0.05, 0) is 19.8 Å². The van der Waals surface area contributed by atoms with Crippen LogP contribution in [-0.4, -0.2) is 18.4 Å². The van der Waals surface area contributed by atoms with E-state index in [1.165, 1.54) is 12.8 Å². The normalized spacial score (nSPS) is 24.2. The van der Waals surface area contributed by atoms with Gasteiger partial charge in [-0.25, -0.2) is 0 Å². The van der Waals surface area contributed by atoms with Crippen LogP contribution in [0.25, 0.3) is 0 Å². The third-order valence-corrected chi connectivity index (χ3v) is 5.88. The van der Waals surface area contributed by atoms with Gasteiger partial charge in [0, 0.05) is 11.8 Å². The molecule has 1 atom stereocenters. The van der Waals surface area contributed by atoms with Gasteiger partial charge in [-0.3, -0.25) is 4.57 Å². The van der Waals surface area contributed by atoms with Crippen molar-refractivity contribution in [2.75, 3.05) is 12.8 Å². The maximum absolute atomic E-state index is 12.2. The van der Waals surface area contributed by atoms with Crippen molar-refractivity contribution in [1.82, 2.24) is 0 Å². The lowest BCUT2D eigenvalue weighted by atomic mass is 10.4. The Morgan fingerprint density at radius 3 is 2.33 bits per heavy atom. The molecule has 0 bridgehead atoms. The molecule has 12 heavy (non-hydrogen) atoms. The van der Waals surface area contributed by atoms with Crippen molar-refractivity contribution in [3.63, 3.8) is 0 Å². The van der Waals surface area contributed by atoms with Crippen molar-refractivity contribution < 1.29 is 9.09 Å². The van der Waals surface area contributed by atoms with Crippen LogP contribution < -0.4 is 0 Å². The third kappa shape index (κ3) is 2.11. The van der Waals surface area contributed by atoms with E-state index in [4.69, 9.17) is 4.52 Å². The fraction of sp³-hybridized carbons (Fsp3) is 1.00. The molecule has 0 heterocycles. The summed E-state index contributed by atoms with van der Waals surface area (Å²) in [6, 6.07) is 0. The van der Waals surface area contributed by atoms with E-state index in [0.717, 1.165) is 12.8 Å². The van der Waals surface area contributed by atoms with E-state index in [1.54, 1.807) is 0 Å². The molecule has 0 spiro atoms. The molecule has 0 aromatic rings. The Kier molecular flexibility index (Phi) is 3.79. The van der Waals surface area contributed by atoms with E-state index >= 15 is 0 Å². The molecule has 0 aromatic heterocycles. The van der Waals surface area contributed by atoms with Crippen LogP contribution in [0.2, 0.25) is 0 Å². The predicted molar refractivity (Wildman–Crippen MR) is 52.0 cm³/mol. The molecule has 3 heteroatoms. The fourth-order valence-corrected chi connectivity index (χ4v) is 4.47. The van der Waals surface area contributed by atoms with Gasteiger partial charge in [0.15, 0.2) is 0 Å². The van der Waals surface area contributed by atoms with Crippen LogP contribution in [0, 0.1) is 0 Å². The van der Waals surface area contributed by atoms with Crippen molar-refractivity contribution in [3.8, 4) is 0 Å². The highest BCUT2D eigenvalue weighted by Gasteiger charge is 2.33. The summed E-state index contributed by atoms with van der Waals surface area (Å²) in [7, 11) is -2.25. The van der Waals surface area contributed by atoms with Crippen LogP contribution in [-0.2, 0) is 9.09 Å². The van der Waals surface area contributed by atoms with Crippen molar-refractivity contribution >= 4 is 7.37 Å². The molecule has 1 fully saturated rings. The molecular weight excluding hydrogens is 171 g/mol. The highest BCUT2D eigenvalue weighted by molar-refractivity contribution is 7.59. The number of hydrogen-bond acceptors (Lipinski definition) is 2. The number of rotatable bonds is 4. The van der Waals surface area contributed by atoms with Crippen LogP contribution in [0.4, 0.5) is 0 Å². The minimum atomic E-state index is -2.25. The first-order valence-corrected chi connectivity index (χ1v) is 6.84. The maximum Gasteiger partial charge on any atom is 0.205 e. The Bertz CT molecular complexity index is 173. The van der Waals surface area contributed by atoms with E-state index in [0.29, 0.717) is 18.4 Å². The van der Waals surface area contributed by atoms with Crippen molar-refractivity contribution in [1.29, 1.82) is 0 Å². The highest BCUT2D eigenvalue weighted by Crippen LogP contribution is 2.56. The molecular formula is C9H19O2P. The monoisotopic (exact) mass is 190 g/mol. The Hall–Kier alpha value is 0.190. The zero-order valence-electron chi connectivity index (χ0n) is 8.08. The number of hydrogen-bond donors (Lipinski definition) is 0. The van der Waals surface area contributed by atoms with Gasteiger partial charge in [0.1, 0.15) is 0 Å². The van der Waals surface area contributed by atoms with Gasteiger partial charge in [-0.2, -0.15) is 0 Å². The summed E-state index contributed by atoms with van der Waals surface area (Å²) >= 11 is 0. The van der Waals surface area contributed by atoms with Crippen LogP contribution in [0.5, 0.6) is 0 Å². The average Bonchev–Trinajstić information content (AvgIpc) is 2.57. The Balaban J connectivity index is 2.58. The topological polar surface area (TPSA) is 26.3 Å². The smallest absolute Gasteiger partial charge is 0.205 e. The summed E-state index contributed by atoms with van der Waals surface area (Å²) in [6.07, 6.45) is 5.42. The molecule has 1 unspecified atom stereocenters. The average molecular weight is 190 g/mol. The molecule has 0 aromatic carbocycles. The molecule has 72 valence electrons. The summed E-state index contributed by atoms with van der Waals surface area (Å²) in [4.78, 5) is 0. The van der Waals surface area contributed by atoms with Gasteiger partial charge in [-0.1, -0.05) is 19.8 Å². The SMILES string of the molecule is CCOP(=O)(CC)C1CCCC1. The Labute approximate surface area is 75.1 Å². The summed E-state index contributed by atoms with van der Waals surface area (Å²) < 4.78 is 17.6. The van der Waals surface area contributed by atoms with Crippen LogP contribution >= 0.6 is 7.37 Å². The molecule has 0 amide bonds. The van der Waals surface area contributed by atoms with E-state index in [-0.39, 0.29) is 0 Å². The quantitative estimate of drug-likeness (QED) is 0.636. The van der Waals surface area contributed by atoms with Crippen molar-refractivity contribution in [3.05, 3.63) is 0 Å². The molecule has 0 saturated heterocycles. The minimum Gasteiger partial charge on any atom is -0.329 e. The second-order valence-electron chi connectivity index (χ2n) is 3.40. The van der Waals surface area contributed by atoms with Gasteiger partial charge < -0.3 is 4.52 Å². The second-order valence-corrected chi connectivity index (χ2v) is 6.47. The van der Waals surface area contributed by atoms with Crippen LogP contribution in [0.3, 0.4) is 0 Å². The molecule has 1 saturated carbocycles. The second kappa shape index (κ2) is 4.43. The van der Waals surface area contributed by atoms with Crippen LogP contribution in [0.15, 0.2) is 0 Å². The molecule has 2 nitrogen and oxygen atoms in total. The molecule has 1 aliphatic rings. The standard InChI is InChI=1S/C9H19O2P/c1-3-11-12(10,4-2)9-7-5-6-8-9/h9H,3-8H2,1-2H3. The molecule has 1 aliphatic carbocycles. The molecule has 1 rings (SSSR count). The van der Waals surface area contributed by atoms with Crippen molar-refractivity contribution in [2.45, 2.75) is 45.2 Å². The lowest BCUT2D eigenvalue weighted by Crippen LogP contribution is -2.08. The van der Waals surface area contributed by atoms with Gasteiger partial charge in [-0.15, -0.1) is 0 Å². The lowest BCUT2D eigenvalue weighted by molar-refractivity contribution is 0.326. The van der Waals surface area contributed by atoms with E-state index in [2.05, 4.69) is 0 Å². The zero-order chi connectivity index (χ0) is 9.03. The fourth-order valence-electron chi connectivity index (χ4n) is 1.97.